The third-order valence-electron chi connectivity index (χ3n) is 2.28. The van der Waals surface area contributed by atoms with Crippen molar-refractivity contribution in [3.63, 3.8) is 0 Å². The molecular weight excluding hydrogens is 190 g/mol. The Hall–Kier alpha value is -1.06. The van der Waals surface area contributed by atoms with Gasteiger partial charge in [0.2, 0.25) is 5.96 Å². The third kappa shape index (κ3) is 2.70. The van der Waals surface area contributed by atoms with Gasteiger partial charge in [-0.15, -0.1) is 0 Å². The number of guanidine groups is 1. The van der Waals surface area contributed by atoms with Crippen molar-refractivity contribution < 1.29 is 4.79 Å². The molecule has 0 aromatic rings. The zero-order valence-electron chi connectivity index (χ0n) is 10.5. The number of carbonyl (C=O) groups is 1. The Morgan fingerprint density at radius 1 is 1.40 bits per heavy atom. The van der Waals surface area contributed by atoms with Crippen molar-refractivity contribution >= 4 is 11.9 Å². The average Bonchev–Trinajstić information content (AvgIpc) is 2.30. The van der Waals surface area contributed by atoms with Gasteiger partial charge in [-0.2, -0.15) is 0 Å². The first kappa shape index (κ1) is 12.0. The molecule has 1 amide bonds. The number of nitrogens with zero attached hydrogens (tertiary/aromatic N) is 2. The van der Waals surface area contributed by atoms with Crippen LogP contribution < -0.4 is 5.32 Å². The molecule has 15 heavy (non-hydrogen) atoms. The van der Waals surface area contributed by atoms with E-state index >= 15 is 0 Å². The molecule has 1 aliphatic heterocycles. The SMILES string of the molecule is CC(C)[C@@H]1N=C(NC(C)(C)C)N(C)C1=O. The molecule has 4 nitrogen and oxygen atoms in total. The highest BCUT2D eigenvalue weighted by Crippen LogP contribution is 2.17. The number of hydrogen-bond donors (Lipinski definition) is 1. The van der Waals surface area contributed by atoms with Crippen molar-refractivity contribution in [2.75, 3.05) is 7.05 Å². The fourth-order valence-electron chi connectivity index (χ4n) is 1.46. The first-order chi connectivity index (χ1) is 6.72. The van der Waals surface area contributed by atoms with E-state index in [9.17, 15) is 4.79 Å². The van der Waals surface area contributed by atoms with Gasteiger partial charge < -0.3 is 5.32 Å². The van der Waals surface area contributed by atoms with E-state index in [1.54, 1.807) is 11.9 Å². The lowest BCUT2D eigenvalue weighted by molar-refractivity contribution is -0.127. The van der Waals surface area contributed by atoms with Gasteiger partial charge in [-0.25, -0.2) is 4.99 Å². The normalized spacial score (nSPS) is 22.3. The summed E-state index contributed by atoms with van der Waals surface area (Å²) >= 11 is 0. The van der Waals surface area contributed by atoms with Gasteiger partial charge >= 0.3 is 0 Å². The maximum Gasteiger partial charge on any atom is 0.254 e. The van der Waals surface area contributed by atoms with Gasteiger partial charge in [0.1, 0.15) is 6.04 Å². The van der Waals surface area contributed by atoms with E-state index < -0.39 is 0 Å². The van der Waals surface area contributed by atoms with Crippen LogP contribution in [0.1, 0.15) is 34.6 Å². The molecule has 1 aliphatic rings. The third-order valence-corrected chi connectivity index (χ3v) is 2.28. The topological polar surface area (TPSA) is 44.7 Å². The number of likely N-dealkylation sites (N-methyl/N-ethyl adjacent to an activating group) is 1. The van der Waals surface area contributed by atoms with Crippen molar-refractivity contribution in [3.8, 4) is 0 Å². The molecule has 86 valence electrons. The van der Waals surface area contributed by atoms with Crippen LogP contribution in [-0.4, -0.2) is 35.4 Å². The van der Waals surface area contributed by atoms with Crippen molar-refractivity contribution in [1.82, 2.24) is 10.2 Å². The summed E-state index contributed by atoms with van der Waals surface area (Å²) in [6.07, 6.45) is 0. The van der Waals surface area contributed by atoms with Crippen molar-refractivity contribution in [1.29, 1.82) is 0 Å². The van der Waals surface area contributed by atoms with Crippen LogP contribution in [-0.2, 0) is 4.79 Å². The number of rotatable bonds is 1. The summed E-state index contributed by atoms with van der Waals surface area (Å²) in [5.41, 5.74) is -0.0702. The predicted octanol–water partition coefficient (Wildman–Crippen LogP) is 1.23. The number of carbonyl (C=O) groups excluding carboxylic acids is 1. The minimum Gasteiger partial charge on any atom is -0.351 e. The van der Waals surface area contributed by atoms with Gasteiger partial charge in [-0.1, -0.05) is 13.8 Å². The molecule has 1 atom stereocenters. The van der Waals surface area contributed by atoms with Gasteiger partial charge in [-0.05, 0) is 26.7 Å². The van der Waals surface area contributed by atoms with E-state index in [4.69, 9.17) is 0 Å². The summed E-state index contributed by atoms with van der Waals surface area (Å²) in [6.45, 7) is 10.2. The highest BCUT2D eigenvalue weighted by atomic mass is 16.2. The molecule has 4 heteroatoms. The summed E-state index contributed by atoms with van der Waals surface area (Å²) in [6, 6.07) is -0.222. The van der Waals surface area contributed by atoms with Crippen LogP contribution in [0.3, 0.4) is 0 Å². The second-order valence-corrected chi connectivity index (χ2v) is 5.41. The summed E-state index contributed by atoms with van der Waals surface area (Å²) in [5.74, 6) is 1.02. The summed E-state index contributed by atoms with van der Waals surface area (Å²) < 4.78 is 0. The fourth-order valence-corrected chi connectivity index (χ4v) is 1.46. The van der Waals surface area contributed by atoms with Gasteiger partial charge in [0, 0.05) is 12.6 Å². The lowest BCUT2D eigenvalue weighted by Crippen LogP contribution is -2.47. The van der Waals surface area contributed by atoms with E-state index in [0.29, 0.717) is 5.96 Å². The standard InChI is InChI=1S/C11H21N3O/c1-7(2)8-9(15)14(6)10(12-8)13-11(3,4)5/h7-8H,1-6H3,(H,12,13)/t8-/m0/s1. The van der Waals surface area contributed by atoms with Crippen LogP contribution in [0, 0.1) is 5.92 Å². The van der Waals surface area contributed by atoms with Crippen LogP contribution >= 0.6 is 0 Å². The molecule has 0 saturated heterocycles. The Bertz CT molecular complexity index is 289. The quantitative estimate of drug-likeness (QED) is 0.709. The van der Waals surface area contributed by atoms with Gasteiger partial charge in [0.15, 0.2) is 0 Å². The summed E-state index contributed by atoms with van der Waals surface area (Å²) in [4.78, 5) is 17.8. The largest absolute Gasteiger partial charge is 0.351 e. The predicted molar refractivity (Wildman–Crippen MR) is 61.7 cm³/mol. The number of amides is 1. The van der Waals surface area contributed by atoms with Gasteiger partial charge in [0.25, 0.3) is 5.91 Å². The molecule has 0 saturated carbocycles. The highest BCUT2D eigenvalue weighted by molar-refractivity contribution is 6.04. The zero-order chi connectivity index (χ0) is 11.8. The van der Waals surface area contributed by atoms with E-state index in [1.807, 2.05) is 13.8 Å². The van der Waals surface area contributed by atoms with Gasteiger partial charge in [0.05, 0.1) is 0 Å². The molecule has 1 N–H and O–H groups in total. The maximum atomic E-state index is 11.8. The molecule has 0 unspecified atom stereocenters. The van der Waals surface area contributed by atoms with E-state index in [2.05, 4.69) is 31.1 Å². The number of nitrogens with one attached hydrogen (secondary N) is 1. The van der Waals surface area contributed by atoms with Gasteiger partial charge in [-0.3, -0.25) is 9.69 Å². The molecule has 1 heterocycles. The van der Waals surface area contributed by atoms with Crippen LogP contribution in [0.4, 0.5) is 0 Å². The van der Waals surface area contributed by atoms with E-state index in [-0.39, 0.29) is 23.4 Å². The Labute approximate surface area is 91.7 Å². The summed E-state index contributed by atoms with van der Waals surface area (Å²) in [5, 5.41) is 3.24. The maximum absolute atomic E-state index is 11.8. The molecule has 0 spiro atoms. The van der Waals surface area contributed by atoms with Crippen LogP contribution in [0.25, 0.3) is 0 Å². The van der Waals surface area contributed by atoms with Crippen LogP contribution in [0.15, 0.2) is 4.99 Å². The second kappa shape index (κ2) is 3.83. The lowest BCUT2D eigenvalue weighted by atomic mass is 10.1. The Kier molecular flexibility index (Phi) is 3.07. The molecule has 0 fully saturated rings. The van der Waals surface area contributed by atoms with Crippen LogP contribution in [0.2, 0.25) is 0 Å². The van der Waals surface area contributed by atoms with E-state index in [0.717, 1.165) is 0 Å². The minimum atomic E-state index is -0.222. The van der Waals surface area contributed by atoms with Crippen LogP contribution in [0.5, 0.6) is 0 Å². The minimum absolute atomic E-state index is 0.0702. The average molecular weight is 211 g/mol. The smallest absolute Gasteiger partial charge is 0.254 e. The monoisotopic (exact) mass is 211 g/mol. The summed E-state index contributed by atoms with van der Waals surface area (Å²) in [7, 11) is 1.77. The molecule has 0 radical (unpaired) electrons. The molecule has 0 aromatic carbocycles. The molecular formula is C11H21N3O. The number of aliphatic imine (C=N–C) groups is 1. The zero-order valence-corrected chi connectivity index (χ0v) is 10.5. The Balaban J connectivity index is 2.82. The Morgan fingerprint density at radius 3 is 2.27 bits per heavy atom. The van der Waals surface area contributed by atoms with Crippen molar-refractivity contribution in [2.45, 2.75) is 46.2 Å². The van der Waals surface area contributed by atoms with Crippen molar-refractivity contribution in [3.05, 3.63) is 0 Å². The van der Waals surface area contributed by atoms with E-state index in [1.165, 1.54) is 0 Å². The molecule has 1 rings (SSSR count). The number of hydrogen-bond acceptors (Lipinski definition) is 3. The molecule has 0 aromatic heterocycles. The fraction of sp³-hybridized carbons (Fsp3) is 0.818. The molecule has 0 aliphatic carbocycles. The second-order valence-electron chi connectivity index (χ2n) is 5.41. The lowest BCUT2D eigenvalue weighted by Gasteiger charge is -2.24. The Morgan fingerprint density at radius 2 is 1.93 bits per heavy atom. The van der Waals surface area contributed by atoms with Crippen molar-refractivity contribution in [2.24, 2.45) is 10.9 Å². The highest BCUT2D eigenvalue weighted by Gasteiger charge is 2.35. The molecule has 0 bridgehead atoms. The first-order valence-electron chi connectivity index (χ1n) is 5.36. The first-order valence-corrected chi connectivity index (χ1v) is 5.36.